The average Bonchev–Trinajstić information content (AvgIpc) is 2.67. The zero-order valence-corrected chi connectivity index (χ0v) is 9.05. The van der Waals surface area contributed by atoms with Gasteiger partial charge in [0.15, 0.2) is 0 Å². The molecule has 0 saturated heterocycles. The van der Waals surface area contributed by atoms with Crippen LogP contribution in [0.4, 0.5) is 0 Å². The summed E-state index contributed by atoms with van der Waals surface area (Å²) in [6, 6.07) is 10.4. The van der Waals surface area contributed by atoms with Crippen LogP contribution in [0.3, 0.4) is 0 Å². The maximum absolute atomic E-state index is 4.44. The number of nitrogens with zero attached hydrogens (tertiary/aromatic N) is 1. The van der Waals surface area contributed by atoms with Gasteiger partial charge in [-0.2, -0.15) is 0 Å². The Labute approximate surface area is 88.9 Å². The van der Waals surface area contributed by atoms with E-state index in [1.807, 2.05) is 6.07 Å². The third-order valence-electron chi connectivity index (χ3n) is 2.25. The van der Waals surface area contributed by atoms with E-state index in [2.05, 4.69) is 41.6 Å². The Morgan fingerprint density at radius 3 is 2.79 bits per heavy atom. The summed E-state index contributed by atoms with van der Waals surface area (Å²) in [5.41, 5.74) is 2.65. The molecule has 14 heavy (non-hydrogen) atoms. The van der Waals surface area contributed by atoms with Crippen molar-refractivity contribution in [3.8, 4) is 0 Å². The molecule has 0 fully saturated rings. The second-order valence-corrected chi connectivity index (χ2v) is 4.02. The van der Waals surface area contributed by atoms with Crippen molar-refractivity contribution in [3.05, 3.63) is 41.5 Å². The number of rotatable bonds is 1. The van der Waals surface area contributed by atoms with Crippen molar-refractivity contribution >= 4 is 22.9 Å². The molecule has 0 N–H and O–H groups in total. The Morgan fingerprint density at radius 2 is 2.07 bits per heavy atom. The van der Waals surface area contributed by atoms with Crippen LogP contribution in [0.15, 0.2) is 40.9 Å². The molecule has 1 aromatic rings. The van der Waals surface area contributed by atoms with Crippen LogP contribution in [0.2, 0.25) is 0 Å². The zero-order chi connectivity index (χ0) is 9.80. The van der Waals surface area contributed by atoms with Crippen LogP contribution >= 0.6 is 11.8 Å². The van der Waals surface area contributed by atoms with Crippen LogP contribution in [-0.2, 0) is 0 Å². The third kappa shape index (κ3) is 2.07. The van der Waals surface area contributed by atoms with E-state index in [-0.39, 0.29) is 0 Å². The summed E-state index contributed by atoms with van der Waals surface area (Å²) in [5, 5.41) is 1.20. The first kappa shape index (κ1) is 9.53. The quantitative estimate of drug-likeness (QED) is 0.682. The first-order chi connectivity index (χ1) is 6.90. The van der Waals surface area contributed by atoms with Gasteiger partial charge in [0.1, 0.15) is 0 Å². The minimum absolute atomic E-state index is 0.953. The number of hydrogen-bond donors (Lipinski definition) is 0. The lowest BCUT2D eigenvalue weighted by atomic mass is 10.1. The van der Waals surface area contributed by atoms with Crippen molar-refractivity contribution in [2.24, 2.45) is 4.99 Å². The van der Waals surface area contributed by atoms with Gasteiger partial charge >= 0.3 is 0 Å². The molecule has 0 radical (unpaired) electrons. The maximum Gasteiger partial charge on any atom is 0.0934 e. The van der Waals surface area contributed by atoms with Crippen molar-refractivity contribution in [2.45, 2.75) is 6.42 Å². The first-order valence-corrected chi connectivity index (χ1v) is 5.97. The van der Waals surface area contributed by atoms with E-state index in [1.165, 1.54) is 16.2 Å². The highest BCUT2D eigenvalue weighted by Gasteiger charge is 2.11. The molecule has 0 aromatic heterocycles. The Bertz CT molecular complexity index is 365. The fraction of sp³-hybridized carbons (Fsp3) is 0.250. The normalized spacial score (nSPS) is 18.6. The van der Waals surface area contributed by atoms with Crippen molar-refractivity contribution in [2.75, 3.05) is 12.8 Å². The van der Waals surface area contributed by atoms with Crippen LogP contribution in [0.1, 0.15) is 12.0 Å². The molecule has 2 heteroatoms. The molecule has 0 atom stereocenters. The second kappa shape index (κ2) is 4.47. The van der Waals surface area contributed by atoms with Crippen LogP contribution in [0, 0.1) is 0 Å². The fourth-order valence-electron chi connectivity index (χ4n) is 1.57. The van der Waals surface area contributed by atoms with Crippen LogP contribution in [0.5, 0.6) is 0 Å². The van der Waals surface area contributed by atoms with Crippen LogP contribution < -0.4 is 0 Å². The molecule has 1 nitrogen and oxygen atoms in total. The minimum Gasteiger partial charge on any atom is -0.278 e. The van der Waals surface area contributed by atoms with Crippen molar-refractivity contribution in [1.29, 1.82) is 0 Å². The van der Waals surface area contributed by atoms with Gasteiger partial charge in [0.05, 0.1) is 5.04 Å². The second-order valence-electron chi connectivity index (χ2n) is 3.22. The molecule has 1 aliphatic rings. The summed E-state index contributed by atoms with van der Waals surface area (Å²) in [7, 11) is 0. The zero-order valence-electron chi connectivity index (χ0n) is 8.23. The molecular weight excluding hydrogens is 190 g/mol. The van der Waals surface area contributed by atoms with Crippen molar-refractivity contribution in [1.82, 2.24) is 0 Å². The third-order valence-corrected chi connectivity index (χ3v) is 3.02. The van der Waals surface area contributed by atoms with E-state index >= 15 is 0 Å². The van der Waals surface area contributed by atoms with E-state index in [1.54, 1.807) is 11.8 Å². The Kier molecular flexibility index (Phi) is 3.04. The number of hydrogen-bond acceptors (Lipinski definition) is 2. The van der Waals surface area contributed by atoms with Gasteiger partial charge in [-0.05, 0) is 29.9 Å². The van der Waals surface area contributed by atoms with Gasteiger partial charge in [-0.1, -0.05) is 30.3 Å². The van der Waals surface area contributed by atoms with E-state index in [4.69, 9.17) is 0 Å². The maximum atomic E-state index is 4.44. The van der Waals surface area contributed by atoms with Crippen LogP contribution in [-0.4, -0.2) is 17.8 Å². The van der Waals surface area contributed by atoms with E-state index < -0.39 is 0 Å². The summed E-state index contributed by atoms with van der Waals surface area (Å²) in [6.07, 6.45) is 5.41. The van der Waals surface area contributed by atoms with Gasteiger partial charge in [-0.15, -0.1) is 11.8 Å². The molecule has 0 amide bonds. The SMILES string of the molecule is CSC1=NCC/C1=C/c1ccccc1. The summed E-state index contributed by atoms with van der Waals surface area (Å²) in [6.45, 7) is 0.953. The Hall–Kier alpha value is -1.02. The molecule has 1 aromatic carbocycles. The van der Waals surface area contributed by atoms with E-state index in [0.717, 1.165) is 13.0 Å². The standard InChI is InChI=1S/C12H13NS/c1-14-12-11(7-8-13-12)9-10-5-3-2-4-6-10/h2-6,9H,7-8H2,1H3/b11-9-. The topological polar surface area (TPSA) is 12.4 Å². The van der Waals surface area contributed by atoms with Gasteiger partial charge < -0.3 is 0 Å². The lowest BCUT2D eigenvalue weighted by Gasteiger charge is -1.99. The molecule has 0 spiro atoms. The molecule has 0 saturated carbocycles. The van der Waals surface area contributed by atoms with Gasteiger partial charge in [-0.25, -0.2) is 0 Å². The Balaban J connectivity index is 2.23. The predicted octanol–water partition coefficient (Wildman–Crippen LogP) is 3.24. The smallest absolute Gasteiger partial charge is 0.0934 e. The summed E-state index contributed by atoms with van der Waals surface area (Å²) in [5.74, 6) is 0. The minimum atomic E-state index is 0.953. The molecule has 0 aliphatic carbocycles. The molecule has 0 unspecified atom stereocenters. The lowest BCUT2D eigenvalue weighted by Crippen LogP contribution is -1.89. The number of aliphatic imine (C=N–C) groups is 1. The van der Waals surface area contributed by atoms with Gasteiger partial charge in [0.25, 0.3) is 0 Å². The highest BCUT2D eigenvalue weighted by molar-refractivity contribution is 8.13. The average molecular weight is 203 g/mol. The number of benzene rings is 1. The monoisotopic (exact) mass is 203 g/mol. The van der Waals surface area contributed by atoms with Gasteiger partial charge in [-0.3, -0.25) is 4.99 Å². The lowest BCUT2D eigenvalue weighted by molar-refractivity contribution is 1.05. The molecule has 1 aliphatic heterocycles. The largest absolute Gasteiger partial charge is 0.278 e. The van der Waals surface area contributed by atoms with Crippen LogP contribution in [0.25, 0.3) is 6.08 Å². The Morgan fingerprint density at radius 1 is 1.29 bits per heavy atom. The molecule has 72 valence electrons. The molecule has 1 heterocycles. The fourth-order valence-corrected chi connectivity index (χ4v) is 2.21. The molecule has 2 rings (SSSR count). The summed E-state index contributed by atoms with van der Waals surface area (Å²) < 4.78 is 0. The molecule has 0 bridgehead atoms. The number of thioether (sulfide) groups is 1. The van der Waals surface area contributed by atoms with Gasteiger partial charge in [0, 0.05) is 6.54 Å². The van der Waals surface area contributed by atoms with E-state index in [0.29, 0.717) is 0 Å². The molecular formula is C12H13NS. The van der Waals surface area contributed by atoms with Crippen molar-refractivity contribution in [3.63, 3.8) is 0 Å². The highest BCUT2D eigenvalue weighted by Crippen LogP contribution is 2.22. The predicted molar refractivity (Wildman–Crippen MR) is 64.9 cm³/mol. The highest BCUT2D eigenvalue weighted by atomic mass is 32.2. The summed E-state index contributed by atoms with van der Waals surface area (Å²) in [4.78, 5) is 4.44. The van der Waals surface area contributed by atoms with Crippen molar-refractivity contribution < 1.29 is 0 Å². The summed E-state index contributed by atoms with van der Waals surface area (Å²) >= 11 is 1.74. The first-order valence-electron chi connectivity index (χ1n) is 4.74. The van der Waals surface area contributed by atoms with E-state index in [9.17, 15) is 0 Å². The van der Waals surface area contributed by atoms with Gasteiger partial charge in [0.2, 0.25) is 0 Å².